The Morgan fingerprint density at radius 3 is 2.47 bits per heavy atom. The first-order valence-electron chi connectivity index (χ1n) is 5.05. The molecule has 0 spiro atoms. The van der Waals surface area contributed by atoms with Gasteiger partial charge in [-0.15, -0.1) is 0 Å². The third kappa shape index (κ3) is 4.39. The molecule has 0 aliphatic carbocycles. The molecular weight excluding hydrogens is 218 g/mol. The molecule has 1 rings (SSSR count). The van der Waals surface area contributed by atoms with E-state index in [1.807, 2.05) is 0 Å². The van der Waals surface area contributed by atoms with Crippen LogP contribution in [-0.4, -0.2) is 19.0 Å². The van der Waals surface area contributed by atoms with Crippen molar-refractivity contribution < 1.29 is 14.3 Å². The van der Waals surface area contributed by atoms with Gasteiger partial charge in [-0.2, -0.15) is 0 Å². The van der Waals surface area contributed by atoms with Crippen molar-refractivity contribution in [3.63, 3.8) is 0 Å². The molecule has 0 fully saturated rings. The highest BCUT2D eigenvalue weighted by atomic mass is 16.5. The van der Waals surface area contributed by atoms with Crippen LogP contribution in [0.15, 0.2) is 24.3 Å². The first-order chi connectivity index (χ1) is 8.15. The van der Waals surface area contributed by atoms with E-state index in [1.54, 1.807) is 31.2 Å². The highest BCUT2D eigenvalue weighted by molar-refractivity contribution is 6.03. The van der Waals surface area contributed by atoms with Gasteiger partial charge in [0.1, 0.15) is 0 Å². The summed E-state index contributed by atoms with van der Waals surface area (Å²) in [6.45, 7) is 1.60. The predicted octanol–water partition coefficient (Wildman–Crippen LogP) is 1.36. The van der Waals surface area contributed by atoms with E-state index in [0.717, 1.165) is 5.56 Å². The molecule has 0 heterocycles. The van der Waals surface area contributed by atoms with Crippen LogP contribution < -0.4 is 5.32 Å². The van der Waals surface area contributed by atoms with E-state index in [-0.39, 0.29) is 18.3 Å². The van der Waals surface area contributed by atoms with Gasteiger partial charge in [0.25, 0.3) is 5.91 Å². The van der Waals surface area contributed by atoms with Crippen molar-refractivity contribution in [3.05, 3.63) is 29.8 Å². The van der Waals surface area contributed by atoms with Crippen LogP contribution in [0.4, 0.5) is 5.69 Å². The van der Waals surface area contributed by atoms with Gasteiger partial charge < -0.3 is 10.1 Å². The second-order valence-electron chi connectivity index (χ2n) is 3.28. The highest BCUT2D eigenvalue weighted by Crippen LogP contribution is 2.10. The van der Waals surface area contributed by atoms with E-state index in [2.05, 4.69) is 21.9 Å². The van der Waals surface area contributed by atoms with Crippen LogP contribution in [0, 0.1) is 11.8 Å². The quantitative estimate of drug-likeness (QED) is 0.631. The number of carbonyl (C=O) groups is 2. The summed E-state index contributed by atoms with van der Waals surface area (Å²) >= 11 is 0. The zero-order chi connectivity index (χ0) is 12.7. The van der Waals surface area contributed by atoms with Crippen LogP contribution in [-0.2, 0) is 20.7 Å². The fourth-order valence-electron chi connectivity index (χ4n) is 1.22. The van der Waals surface area contributed by atoms with Crippen molar-refractivity contribution in [2.45, 2.75) is 13.3 Å². The zero-order valence-corrected chi connectivity index (χ0v) is 9.74. The molecule has 0 saturated heterocycles. The Bertz CT molecular complexity index is 466. The van der Waals surface area contributed by atoms with E-state index in [4.69, 9.17) is 0 Å². The number of benzene rings is 1. The summed E-state index contributed by atoms with van der Waals surface area (Å²) in [5, 5.41) is 2.61. The Kier molecular flexibility index (Phi) is 4.77. The Balaban J connectivity index is 2.64. The van der Waals surface area contributed by atoms with Crippen molar-refractivity contribution in [1.29, 1.82) is 0 Å². The lowest BCUT2D eigenvalue weighted by Gasteiger charge is -2.03. The van der Waals surface area contributed by atoms with Crippen LogP contribution in [0.25, 0.3) is 0 Å². The number of carbonyl (C=O) groups excluding carboxylic acids is 2. The number of hydrogen-bond donors (Lipinski definition) is 1. The summed E-state index contributed by atoms with van der Waals surface area (Å²) in [6, 6.07) is 6.94. The van der Waals surface area contributed by atoms with Crippen molar-refractivity contribution >= 4 is 17.6 Å². The first kappa shape index (κ1) is 12.8. The lowest BCUT2D eigenvalue weighted by molar-refractivity contribution is -0.139. The van der Waals surface area contributed by atoms with Gasteiger partial charge >= 0.3 is 5.97 Å². The molecule has 17 heavy (non-hydrogen) atoms. The predicted molar refractivity (Wildman–Crippen MR) is 64.2 cm³/mol. The second-order valence-corrected chi connectivity index (χ2v) is 3.28. The smallest absolute Gasteiger partial charge is 0.309 e. The van der Waals surface area contributed by atoms with Crippen molar-refractivity contribution in [1.82, 2.24) is 0 Å². The van der Waals surface area contributed by atoms with Gasteiger partial charge in [-0.25, -0.2) is 0 Å². The third-order valence-electron chi connectivity index (χ3n) is 2.03. The van der Waals surface area contributed by atoms with Crippen molar-refractivity contribution in [3.8, 4) is 11.8 Å². The molecule has 0 saturated carbocycles. The van der Waals surface area contributed by atoms with Crippen LogP contribution >= 0.6 is 0 Å². The molecule has 0 aliphatic rings. The number of esters is 1. The van der Waals surface area contributed by atoms with Crippen molar-refractivity contribution in [2.75, 3.05) is 12.4 Å². The van der Waals surface area contributed by atoms with Gasteiger partial charge in [0, 0.05) is 5.69 Å². The largest absolute Gasteiger partial charge is 0.469 e. The molecule has 0 aliphatic heterocycles. The summed E-state index contributed by atoms with van der Waals surface area (Å²) in [5.41, 5.74) is 1.47. The Morgan fingerprint density at radius 2 is 1.94 bits per heavy atom. The Hall–Kier alpha value is -2.28. The molecule has 1 aromatic carbocycles. The lowest BCUT2D eigenvalue weighted by atomic mass is 10.1. The van der Waals surface area contributed by atoms with E-state index < -0.39 is 0 Å². The minimum atomic E-state index is -0.354. The van der Waals surface area contributed by atoms with Gasteiger partial charge in [0.15, 0.2) is 0 Å². The summed E-state index contributed by atoms with van der Waals surface area (Å²) < 4.78 is 4.55. The normalized spacial score (nSPS) is 8.82. The average molecular weight is 231 g/mol. The number of methoxy groups -OCH3 is 1. The monoisotopic (exact) mass is 231 g/mol. The topological polar surface area (TPSA) is 55.4 Å². The maximum Gasteiger partial charge on any atom is 0.309 e. The average Bonchev–Trinajstić information content (AvgIpc) is 2.32. The number of nitrogens with one attached hydrogen (secondary N) is 1. The SMILES string of the molecule is CC#CC(=O)Nc1ccc(CC(=O)OC)cc1. The molecular formula is C13H13NO3. The Labute approximate surface area is 100.0 Å². The molecule has 0 aromatic heterocycles. The molecule has 1 aromatic rings. The van der Waals surface area contributed by atoms with Gasteiger partial charge in [-0.3, -0.25) is 9.59 Å². The third-order valence-corrected chi connectivity index (χ3v) is 2.03. The van der Waals surface area contributed by atoms with Gasteiger partial charge in [-0.05, 0) is 30.5 Å². The molecule has 4 nitrogen and oxygen atoms in total. The maximum absolute atomic E-state index is 11.2. The van der Waals surface area contributed by atoms with E-state index in [1.165, 1.54) is 7.11 Å². The van der Waals surface area contributed by atoms with Crippen LogP contribution in [0.2, 0.25) is 0 Å². The molecule has 0 bridgehead atoms. The van der Waals surface area contributed by atoms with E-state index >= 15 is 0 Å². The molecule has 1 N–H and O–H groups in total. The molecule has 0 radical (unpaired) electrons. The Morgan fingerprint density at radius 1 is 1.29 bits per heavy atom. The van der Waals surface area contributed by atoms with Gasteiger partial charge in [-0.1, -0.05) is 18.1 Å². The molecule has 0 atom stereocenters. The zero-order valence-electron chi connectivity index (χ0n) is 9.74. The standard InChI is InChI=1S/C13H13NO3/c1-3-4-12(15)14-11-7-5-10(6-8-11)9-13(16)17-2/h5-8H,9H2,1-2H3,(H,14,15). The molecule has 88 valence electrons. The number of hydrogen-bond acceptors (Lipinski definition) is 3. The van der Waals surface area contributed by atoms with Gasteiger partial charge in [0.05, 0.1) is 13.5 Å². The van der Waals surface area contributed by atoms with Crippen LogP contribution in [0.5, 0.6) is 0 Å². The highest BCUT2D eigenvalue weighted by Gasteiger charge is 2.03. The second kappa shape index (κ2) is 6.33. The van der Waals surface area contributed by atoms with E-state index in [9.17, 15) is 9.59 Å². The summed E-state index contributed by atoms with van der Waals surface area (Å²) in [7, 11) is 1.35. The number of ether oxygens (including phenoxy) is 1. The van der Waals surface area contributed by atoms with Crippen molar-refractivity contribution in [2.24, 2.45) is 0 Å². The minimum absolute atomic E-state index is 0.222. The first-order valence-corrected chi connectivity index (χ1v) is 5.05. The fourth-order valence-corrected chi connectivity index (χ4v) is 1.22. The summed E-state index contributed by atoms with van der Waals surface area (Å²) in [4.78, 5) is 22.2. The number of amides is 1. The number of anilines is 1. The lowest BCUT2D eigenvalue weighted by Crippen LogP contribution is -2.08. The summed E-state index contributed by atoms with van der Waals surface area (Å²) in [5.74, 6) is 4.24. The van der Waals surface area contributed by atoms with E-state index in [0.29, 0.717) is 5.69 Å². The van der Waals surface area contributed by atoms with Crippen LogP contribution in [0.1, 0.15) is 12.5 Å². The fraction of sp³-hybridized carbons (Fsp3) is 0.231. The van der Waals surface area contributed by atoms with Crippen LogP contribution in [0.3, 0.4) is 0 Å². The van der Waals surface area contributed by atoms with Gasteiger partial charge in [0.2, 0.25) is 0 Å². The maximum atomic E-state index is 11.2. The molecule has 1 amide bonds. The summed E-state index contributed by atoms with van der Waals surface area (Å²) in [6.07, 6.45) is 0.222. The molecule has 4 heteroatoms. The molecule has 0 unspecified atom stereocenters. The number of rotatable bonds is 3. The minimum Gasteiger partial charge on any atom is -0.469 e.